The number of likely N-dealkylation sites (tertiary alicyclic amines) is 1. The Kier molecular flexibility index (Phi) is 6.85. The summed E-state index contributed by atoms with van der Waals surface area (Å²) in [5.74, 6) is 0.984. The lowest BCUT2D eigenvalue weighted by Crippen LogP contribution is -2.35. The molecule has 2 heterocycles. The Bertz CT molecular complexity index is 1180. The fourth-order valence-electron chi connectivity index (χ4n) is 3.94. The van der Waals surface area contributed by atoms with E-state index in [2.05, 4.69) is 15.5 Å². The minimum Gasteiger partial charge on any atom is -0.465 e. The van der Waals surface area contributed by atoms with Gasteiger partial charge in [-0.3, -0.25) is 0 Å². The first-order valence-electron chi connectivity index (χ1n) is 10.5. The molecule has 1 atom stereocenters. The molecule has 8 nitrogen and oxygen atoms in total. The Balaban J connectivity index is 1.56. The van der Waals surface area contributed by atoms with Gasteiger partial charge in [0.1, 0.15) is 5.82 Å². The Hall–Kier alpha value is -3.10. The van der Waals surface area contributed by atoms with Gasteiger partial charge in [-0.25, -0.2) is 9.59 Å². The van der Waals surface area contributed by atoms with Crippen molar-refractivity contribution in [2.45, 2.75) is 32.4 Å². The number of nitrogens with zero attached hydrogens (tertiary/aromatic N) is 4. The molecule has 0 saturated carbocycles. The summed E-state index contributed by atoms with van der Waals surface area (Å²) >= 11 is 12.3. The van der Waals surface area contributed by atoms with Gasteiger partial charge in [-0.05, 0) is 55.7 Å². The molecule has 10 heteroatoms. The van der Waals surface area contributed by atoms with E-state index in [4.69, 9.17) is 27.9 Å². The van der Waals surface area contributed by atoms with E-state index < -0.39 is 5.97 Å². The van der Waals surface area contributed by atoms with Crippen LogP contribution in [0.1, 0.15) is 46.5 Å². The number of carbonyl (C=O) groups excluding carboxylic acids is 2. The van der Waals surface area contributed by atoms with Crippen LogP contribution in [0.25, 0.3) is 0 Å². The van der Waals surface area contributed by atoms with E-state index in [-0.39, 0.29) is 12.1 Å². The van der Waals surface area contributed by atoms with Crippen molar-refractivity contribution in [2.24, 2.45) is 0 Å². The molecule has 0 unspecified atom stereocenters. The molecule has 1 saturated heterocycles. The molecular weight excluding hydrogens is 465 g/mol. The molecule has 0 bridgehead atoms. The van der Waals surface area contributed by atoms with Crippen LogP contribution in [0.5, 0.6) is 0 Å². The zero-order valence-electron chi connectivity index (χ0n) is 18.2. The summed E-state index contributed by atoms with van der Waals surface area (Å²) in [5, 5.41) is 12.5. The second-order valence-corrected chi connectivity index (χ2v) is 8.63. The number of amides is 2. The molecule has 1 aromatic heterocycles. The van der Waals surface area contributed by atoms with Crippen molar-refractivity contribution in [3.05, 3.63) is 75.3 Å². The maximum Gasteiger partial charge on any atom is 0.337 e. The fraction of sp³-hybridized carbons (Fsp3) is 0.304. The third kappa shape index (κ3) is 4.96. The summed E-state index contributed by atoms with van der Waals surface area (Å²) in [6, 6.07) is 11.7. The van der Waals surface area contributed by atoms with Gasteiger partial charge in [-0.2, -0.15) is 0 Å². The highest BCUT2D eigenvalue weighted by atomic mass is 35.5. The lowest BCUT2D eigenvalue weighted by atomic mass is 10.2. The van der Waals surface area contributed by atoms with E-state index >= 15 is 0 Å². The summed E-state index contributed by atoms with van der Waals surface area (Å²) in [5.41, 5.74) is 1.70. The summed E-state index contributed by atoms with van der Waals surface area (Å²) < 4.78 is 6.77. The van der Waals surface area contributed by atoms with E-state index in [1.165, 1.54) is 13.2 Å². The van der Waals surface area contributed by atoms with Crippen LogP contribution in [-0.4, -0.2) is 45.3 Å². The standard InChI is InChI=1S/C23H23Cl2N5O3/c1-14-27-28-21(30(14)13-15-5-8-17(24)9-6-15)20-4-3-11-29(20)23(32)26-19-12-16(22(31)33-2)7-10-18(19)25/h5-10,12,20H,3-4,11,13H2,1-2H3,(H,26,32)/t20-/m1/s1. The molecule has 0 aliphatic carbocycles. The maximum atomic E-state index is 13.2. The summed E-state index contributed by atoms with van der Waals surface area (Å²) in [6.45, 7) is 3.03. The number of nitrogens with one attached hydrogen (secondary N) is 1. The predicted octanol–water partition coefficient (Wildman–Crippen LogP) is 5.10. The molecular formula is C23H23Cl2N5O3. The number of aryl methyl sites for hydroxylation is 1. The first kappa shape index (κ1) is 23.1. The van der Waals surface area contributed by atoms with Crippen molar-refractivity contribution in [1.82, 2.24) is 19.7 Å². The average Bonchev–Trinajstić information content (AvgIpc) is 3.43. The molecule has 0 spiro atoms. The number of urea groups is 1. The van der Waals surface area contributed by atoms with Gasteiger partial charge in [-0.1, -0.05) is 35.3 Å². The minimum absolute atomic E-state index is 0.235. The lowest BCUT2D eigenvalue weighted by Gasteiger charge is -2.25. The summed E-state index contributed by atoms with van der Waals surface area (Å²) in [6.07, 6.45) is 1.60. The van der Waals surface area contributed by atoms with Crippen molar-refractivity contribution in [1.29, 1.82) is 0 Å². The number of aromatic nitrogens is 3. The molecule has 1 aliphatic rings. The summed E-state index contributed by atoms with van der Waals surface area (Å²) in [4.78, 5) is 26.8. The van der Waals surface area contributed by atoms with Crippen molar-refractivity contribution in [2.75, 3.05) is 19.0 Å². The number of esters is 1. The van der Waals surface area contributed by atoms with Crippen LogP contribution in [0.15, 0.2) is 42.5 Å². The number of ether oxygens (including phenoxy) is 1. The molecule has 33 heavy (non-hydrogen) atoms. The highest BCUT2D eigenvalue weighted by molar-refractivity contribution is 6.33. The van der Waals surface area contributed by atoms with Gasteiger partial charge in [0.25, 0.3) is 0 Å². The Morgan fingerprint density at radius 2 is 1.91 bits per heavy atom. The number of hydrogen-bond donors (Lipinski definition) is 1. The SMILES string of the molecule is COC(=O)c1ccc(Cl)c(NC(=O)N2CCC[C@@H]2c2nnc(C)n2Cc2ccc(Cl)cc2)c1. The lowest BCUT2D eigenvalue weighted by molar-refractivity contribution is 0.0600. The molecule has 0 radical (unpaired) electrons. The van der Waals surface area contributed by atoms with Crippen molar-refractivity contribution >= 4 is 40.9 Å². The van der Waals surface area contributed by atoms with Crippen LogP contribution >= 0.6 is 23.2 Å². The van der Waals surface area contributed by atoms with Gasteiger partial charge in [0, 0.05) is 11.6 Å². The van der Waals surface area contributed by atoms with Gasteiger partial charge < -0.3 is 19.5 Å². The molecule has 1 N–H and O–H groups in total. The average molecular weight is 488 g/mol. The highest BCUT2D eigenvalue weighted by Crippen LogP contribution is 2.33. The predicted molar refractivity (Wildman–Crippen MR) is 126 cm³/mol. The number of rotatable bonds is 5. The molecule has 2 aromatic carbocycles. The largest absolute Gasteiger partial charge is 0.465 e. The van der Waals surface area contributed by atoms with E-state index in [0.29, 0.717) is 34.4 Å². The quantitative estimate of drug-likeness (QED) is 0.505. The van der Waals surface area contributed by atoms with E-state index in [1.54, 1.807) is 17.0 Å². The van der Waals surface area contributed by atoms with E-state index in [0.717, 1.165) is 30.1 Å². The van der Waals surface area contributed by atoms with Crippen LogP contribution < -0.4 is 5.32 Å². The second kappa shape index (κ2) is 9.80. The topological polar surface area (TPSA) is 89.3 Å². The first-order valence-corrected chi connectivity index (χ1v) is 11.2. The normalized spacial score (nSPS) is 15.5. The number of benzene rings is 2. The monoisotopic (exact) mass is 487 g/mol. The third-order valence-corrected chi connectivity index (χ3v) is 6.24. The number of hydrogen-bond acceptors (Lipinski definition) is 5. The fourth-order valence-corrected chi connectivity index (χ4v) is 4.23. The van der Waals surface area contributed by atoms with Crippen LogP contribution in [0.4, 0.5) is 10.5 Å². The smallest absolute Gasteiger partial charge is 0.337 e. The van der Waals surface area contributed by atoms with Crippen LogP contribution in [0.3, 0.4) is 0 Å². The zero-order valence-corrected chi connectivity index (χ0v) is 19.7. The molecule has 172 valence electrons. The number of halogens is 2. The first-order chi connectivity index (χ1) is 15.9. The molecule has 4 rings (SSSR count). The highest BCUT2D eigenvalue weighted by Gasteiger charge is 2.34. The molecule has 1 fully saturated rings. The van der Waals surface area contributed by atoms with Crippen molar-refractivity contribution < 1.29 is 14.3 Å². The van der Waals surface area contributed by atoms with Gasteiger partial charge in [0.2, 0.25) is 0 Å². The Morgan fingerprint density at radius 1 is 1.15 bits per heavy atom. The maximum absolute atomic E-state index is 13.2. The Morgan fingerprint density at radius 3 is 2.64 bits per heavy atom. The van der Waals surface area contributed by atoms with Gasteiger partial charge in [-0.15, -0.1) is 10.2 Å². The van der Waals surface area contributed by atoms with Crippen LogP contribution in [0, 0.1) is 6.92 Å². The van der Waals surface area contributed by atoms with E-state index in [9.17, 15) is 9.59 Å². The zero-order chi connectivity index (χ0) is 23.5. The minimum atomic E-state index is -0.507. The number of anilines is 1. The van der Waals surface area contributed by atoms with E-state index in [1.807, 2.05) is 35.8 Å². The summed E-state index contributed by atoms with van der Waals surface area (Å²) in [7, 11) is 1.30. The Labute approximate surface area is 201 Å². The number of carbonyl (C=O) groups is 2. The van der Waals surface area contributed by atoms with Gasteiger partial charge in [0.15, 0.2) is 5.82 Å². The second-order valence-electron chi connectivity index (χ2n) is 7.79. The third-order valence-electron chi connectivity index (χ3n) is 5.66. The molecule has 2 amide bonds. The van der Waals surface area contributed by atoms with Crippen molar-refractivity contribution in [3.8, 4) is 0 Å². The van der Waals surface area contributed by atoms with Gasteiger partial charge in [0.05, 0.1) is 36.0 Å². The number of methoxy groups -OCH3 is 1. The van der Waals surface area contributed by atoms with Crippen molar-refractivity contribution in [3.63, 3.8) is 0 Å². The van der Waals surface area contributed by atoms with Crippen LogP contribution in [-0.2, 0) is 11.3 Å². The van der Waals surface area contributed by atoms with Crippen LogP contribution in [0.2, 0.25) is 10.0 Å². The molecule has 1 aliphatic heterocycles. The van der Waals surface area contributed by atoms with Gasteiger partial charge >= 0.3 is 12.0 Å². The molecule has 3 aromatic rings.